The molecule has 1 aromatic rings. The fraction of sp³-hybridized carbons (Fsp3) is 0.417. The van der Waals surface area contributed by atoms with Crippen molar-refractivity contribution in [3.05, 3.63) is 29.3 Å². The first-order chi connectivity index (χ1) is 8.37. The van der Waals surface area contributed by atoms with E-state index in [9.17, 15) is 18.0 Å². The number of carboxylic acid groups (broad SMARTS) is 1. The highest BCUT2D eigenvalue weighted by atomic mass is 19.4. The van der Waals surface area contributed by atoms with Crippen molar-refractivity contribution in [1.29, 1.82) is 0 Å². The van der Waals surface area contributed by atoms with Gasteiger partial charge in [0.25, 0.3) is 0 Å². The van der Waals surface area contributed by atoms with Crippen LogP contribution in [-0.2, 0) is 6.42 Å². The summed E-state index contributed by atoms with van der Waals surface area (Å²) < 4.78 is 36.5. The molecule has 0 saturated heterocycles. The Labute approximate surface area is 102 Å². The SMILES string of the molecule is O=C(O)c1ccc2c(c1)N(CCC(F)(F)F)CC2. The molecule has 0 spiro atoms. The van der Waals surface area contributed by atoms with Crippen molar-refractivity contribution in [1.82, 2.24) is 0 Å². The van der Waals surface area contributed by atoms with Crippen LogP contribution < -0.4 is 4.90 Å². The number of halogens is 3. The minimum absolute atomic E-state index is 0.104. The van der Waals surface area contributed by atoms with Gasteiger partial charge in [-0.2, -0.15) is 13.2 Å². The lowest BCUT2D eigenvalue weighted by Crippen LogP contribution is -2.26. The molecule has 3 nitrogen and oxygen atoms in total. The van der Waals surface area contributed by atoms with E-state index in [2.05, 4.69) is 0 Å². The Kier molecular flexibility index (Phi) is 3.19. The van der Waals surface area contributed by atoms with E-state index in [4.69, 9.17) is 5.11 Å². The smallest absolute Gasteiger partial charge is 0.390 e. The van der Waals surface area contributed by atoms with Gasteiger partial charge in [-0.1, -0.05) is 6.07 Å². The topological polar surface area (TPSA) is 40.5 Å². The Balaban J connectivity index is 2.16. The van der Waals surface area contributed by atoms with Crippen molar-refractivity contribution in [3.63, 3.8) is 0 Å². The third kappa shape index (κ3) is 2.75. The van der Waals surface area contributed by atoms with Gasteiger partial charge in [-0.25, -0.2) is 4.79 Å². The van der Waals surface area contributed by atoms with Crippen LogP contribution in [0.5, 0.6) is 0 Å². The van der Waals surface area contributed by atoms with Gasteiger partial charge >= 0.3 is 12.1 Å². The van der Waals surface area contributed by atoms with Crippen LogP contribution in [0.3, 0.4) is 0 Å². The van der Waals surface area contributed by atoms with Gasteiger partial charge in [0.1, 0.15) is 0 Å². The van der Waals surface area contributed by atoms with E-state index < -0.39 is 18.6 Å². The van der Waals surface area contributed by atoms with Crippen LogP contribution in [0.4, 0.5) is 18.9 Å². The fourth-order valence-corrected chi connectivity index (χ4v) is 2.07. The van der Waals surface area contributed by atoms with E-state index in [1.54, 1.807) is 11.0 Å². The van der Waals surface area contributed by atoms with Gasteiger partial charge in [0.05, 0.1) is 12.0 Å². The average molecular weight is 259 g/mol. The summed E-state index contributed by atoms with van der Waals surface area (Å²) in [6.07, 6.45) is -4.41. The second kappa shape index (κ2) is 4.51. The maximum Gasteiger partial charge on any atom is 0.390 e. The number of carboxylic acids is 1. The summed E-state index contributed by atoms with van der Waals surface area (Å²) in [5, 5.41) is 8.86. The molecular formula is C12H12F3NO2. The van der Waals surface area contributed by atoms with Crippen LogP contribution >= 0.6 is 0 Å². The molecule has 6 heteroatoms. The first-order valence-corrected chi connectivity index (χ1v) is 5.55. The van der Waals surface area contributed by atoms with E-state index >= 15 is 0 Å². The number of alkyl halides is 3. The quantitative estimate of drug-likeness (QED) is 0.907. The van der Waals surface area contributed by atoms with E-state index in [1.165, 1.54) is 12.1 Å². The molecule has 0 amide bonds. The van der Waals surface area contributed by atoms with Crippen LogP contribution in [-0.4, -0.2) is 30.3 Å². The average Bonchev–Trinajstić information content (AvgIpc) is 2.67. The molecule has 0 fully saturated rings. The summed E-state index contributed by atoms with van der Waals surface area (Å²) in [5.41, 5.74) is 1.62. The Morgan fingerprint density at radius 3 is 2.72 bits per heavy atom. The van der Waals surface area contributed by atoms with Crippen molar-refractivity contribution in [2.24, 2.45) is 0 Å². The summed E-state index contributed by atoms with van der Waals surface area (Å²) in [4.78, 5) is 12.4. The van der Waals surface area contributed by atoms with Crippen molar-refractivity contribution in [2.45, 2.75) is 19.0 Å². The Bertz CT molecular complexity index is 471. The molecule has 0 aliphatic carbocycles. The van der Waals surface area contributed by atoms with E-state index in [0.717, 1.165) is 5.56 Å². The minimum atomic E-state index is -4.19. The zero-order valence-corrected chi connectivity index (χ0v) is 9.50. The highest BCUT2D eigenvalue weighted by molar-refractivity contribution is 5.89. The molecule has 1 N–H and O–H groups in total. The molecule has 0 saturated carbocycles. The highest BCUT2D eigenvalue weighted by Gasteiger charge is 2.29. The number of fused-ring (bicyclic) bond motifs is 1. The van der Waals surface area contributed by atoms with Gasteiger partial charge in [-0.15, -0.1) is 0 Å². The molecular weight excluding hydrogens is 247 g/mol. The van der Waals surface area contributed by atoms with Gasteiger partial charge in [0, 0.05) is 18.8 Å². The van der Waals surface area contributed by atoms with Gasteiger partial charge in [0.2, 0.25) is 0 Å². The van der Waals surface area contributed by atoms with Gasteiger partial charge < -0.3 is 10.0 Å². The Morgan fingerprint density at radius 2 is 2.11 bits per heavy atom. The summed E-state index contributed by atoms with van der Waals surface area (Å²) in [6, 6.07) is 4.60. The molecule has 1 aliphatic rings. The summed E-state index contributed by atoms with van der Waals surface area (Å²) in [6.45, 7) is 0.383. The minimum Gasteiger partial charge on any atom is -0.478 e. The first-order valence-electron chi connectivity index (χ1n) is 5.55. The monoisotopic (exact) mass is 259 g/mol. The number of anilines is 1. The molecule has 1 aromatic carbocycles. The number of aromatic carboxylic acids is 1. The van der Waals surface area contributed by atoms with Crippen LogP contribution in [0.15, 0.2) is 18.2 Å². The molecule has 98 valence electrons. The van der Waals surface area contributed by atoms with Crippen molar-refractivity contribution < 1.29 is 23.1 Å². The third-order valence-corrected chi connectivity index (χ3v) is 2.99. The number of carbonyl (C=O) groups is 1. The van der Waals surface area contributed by atoms with Gasteiger partial charge in [-0.3, -0.25) is 0 Å². The molecule has 18 heavy (non-hydrogen) atoms. The Hall–Kier alpha value is -1.72. The zero-order valence-electron chi connectivity index (χ0n) is 9.50. The maximum atomic E-state index is 12.2. The van der Waals surface area contributed by atoms with Crippen molar-refractivity contribution >= 4 is 11.7 Å². The lowest BCUT2D eigenvalue weighted by atomic mass is 10.1. The number of rotatable bonds is 3. The van der Waals surface area contributed by atoms with Crippen LogP contribution in [0, 0.1) is 0 Å². The van der Waals surface area contributed by atoms with Crippen LogP contribution in [0.2, 0.25) is 0 Å². The van der Waals surface area contributed by atoms with Crippen molar-refractivity contribution in [3.8, 4) is 0 Å². The van der Waals surface area contributed by atoms with Crippen LogP contribution in [0.25, 0.3) is 0 Å². The van der Waals surface area contributed by atoms with E-state index in [-0.39, 0.29) is 12.1 Å². The number of hydrogen-bond donors (Lipinski definition) is 1. The Morgan fingerprint density at radius 1 is 1.39 bits per heavy atom. The van der Waals surface area contributed by atoms with Crippen molar-refractivity contribution in [2.75, 3.05) is 18.0 Å². The molecule has 1 heterocycles. The maximum absolute atomic E-state index is 12.2. The largest absolute Gasteiger partial charge is 0.478 e. The predicted molar refractivity (Wildman–Crippen MR) is 60.0 cm³/mol. The molecule has 0 unspecified atom stereocenters. The molecule has 0 aromatic heterocycles. The predicted octanol–water partition coefficient (Wildman–Crippen LogP) is 2.70. The summed E-state index contributed by atoms with van der Waals surface area (Å²) in [7, 11) is 0. The molecule has 0 bridgehead atoms. The van der Waals surface area contributed by atoms with E-state index in [1.807, 2.05) is 0 Å². The molecule has 0 atom stereocenters. The number of nitrogens with zero attached hydrogens (tertiary/aromatic N) is 1. The molecule has 1 aliphatic heterocycles. The lowest BCUT2D eigenvalue weighted by Gasteiger charge is -2.20. The normalized spacial score (nSPS) is 14.7. The fourth-order valence-electron chi connectivity index (χ4n) is 2.07. The standard InChI is InChI=1S/C12H12F3NO2/c13-12(14,15)4-6-16-5-3-8-1-2-9(11(17)18)7-10(8)16/h1-2,7H,3-6H2,(H,17,18). The lowest BCUT2D eigenvalue weighted by molar-refractivity contribution is -0.132. The van der Waals surface area contributed by atoms with Gasteiger partial charge in [0.15, 0.2) is 0 Å². The first kappa shape index (κ1) is 12.7. The molecule has 0 radical (unpaired) electrons. The highest BCUT2D eigenvalue weighted by Crippen LogP contribution is 2.30. The van der Waals surface area contributed by atoms with E-state index in [0.29, 0.717) is 18.7 Å². The number of hydrogen-bond acceptors (Lipinski definition) is 2. The summed E-state index contributed by atoms with van der Waals surface area (Å²) in [5.74, 6) is -1.07. The number of benzene rings is 1. The second-order valence-electron chi connectivity index (χ2n) is 4.25. The summed E-state index contributed by atoms with van der Waals surface area (Å²) >= 11 is 0. The third-order valence-electron chi connectivity index (χ3n) is 2.99. The van der Waals surface area contributed by atoms with Gasteiger partial charge in [-0.05, 0) is 24.1 Å². The van der Waals surface area contributed by atoms with Crippen LogP contribution in [0.1, 0.15) is 22.3 Å². The molecule has 2 rings (SSSR count). The second-order valence-corrected chi connectivity index (χ2v) is 4.25. The zero-order chi connectivity index (χ0) is 13.3.